The van der Waals surface area contributed by atoms with Crippen LogP contribution in [-0.2, 0) is 14.3 Å². The van der Waals surface area contributed by atoms with E-state index in [4.69, 9.17) is 19.0 Å². The fraction of sp³-hybridized carbons (Fsp3) is 0.368. The molecule has 6 heteroatoms. The zero-order valence-corrected chi connectivity index (χ0v) is 13.8. The van der Waals surface area contributed by atoms with Crippen LogP contribution >= 0.6 is 0 Å². The van der Waals surface area contributed by atoms with Crippen LogP contribution in [0.25, 0.3) is 0 Å². The number of carbonyl (C=O) groups is 1. The quantitative estimate of drug-likeness (QED) is 0.768. The van der Waals surface area contributed by atoms with E-state index < -0.39 is 12.3 Å². The minimum atomic E-state index is -0.788. The Labute approximate surface area is 146 Å². The van der Waals surface area contributed by atoms with Crippen molar-refractivity contribution in [2.24, 2.45) is 5.92 Å². The molecule has 6 nitrogen and oxygen atoms in total. The van der Waals surface area contributed by atoms with Crippen LogP contribution in [0.5, 0.6) is 0 Å². The van der Waals surface area contributed by atoms with Crippen LogP contribution in [0, 0.1) is 5.92 Å². The van der Waals surface area contributed by atoms with Gasteiger partial charge in [0.1, 0.15) is 0 Å². The highest BCUT2D eigenvalue weighted by Crippen LogP contribution is 2.39. The average Bonchev–Trinajstić information content (AvgIpc) is 3.17. The Balaban J connectivity index is 1.67. The van der Waals surface area contributed by atoms with Crippen molar-refractivity contribution in [2.75, 3.05) is 6.61 Å². The van der Waals surface area contributed by atoms with Gasteiger partial charge < -0.3 is 19.0 Å². The van der Waals surface area contributed by atoms with E-state index >= 15 is 0 Å². The second-order valence-electron chi connectivity index (χ2n) is 5.92. The molecule has 2 aromatic heterocycles. The number of hydrogen-bond donors (Lipinski definition) is 1. The van der Waals surface area contributed by atoms with Crippen LogP contribution in [0.1, 0.15) is 43.0 Å². The van der Waals surface area contributed by atoms with Crippen molar-refractivity contribution in [1.82, 2.24) is 4.98 Å². The van der Waals surface area contributed by atoms with Gasteiger partial charge in [0, 0.05) is 24.7 Å². The van der Waals surface area contributed by atoms with E-state index in [2.05, 4.69) is 4.98 Å². The number of allylic oxidation sites excluding steroid dienone is 2. The predicted octanol–water partition coefficient (Wildman–Crippen LogP) is 3.89. The van der Waals surface area contributed by atoms with Gasteiger partial charge in [-0.3, -0.25) is 9.78 Å². The molecule has 3 atom stereocenters. The minimum absolute atomic E-state index is 0.122. The molecule has 1 aliphatic rings. The molecule has 0 radical (unpaired) electrons. The molecule has 1 saturated heterocycles. The van der Waals surface area contributed by atoms with Gasteiger partial charge in [-0.15, -0.1) is 0 Å². The van der Waals surface area contributed by atoms with Gasteiger partial charge in [0.25, 0.3) is 0 Å². The third-order valence-corrected chi connectivity index (χ3v) is 4.08. The number of aromatic nitrogens is 1. The highest BCUT2D eigenvalue weighted by molar-refractivity contribution is 5.66. The molecule has 3 heterocycles. The summed E-state index contributed by atoms with van der Waals surface area (Å²) in [4.78, 5) is 14.7. The highest BCUT2D eigenvalue weighted by Gasteiger charge is 2.34. The largest absolute Gasteiger partial charge is 0.481 e. The Kier molecular flexibility index (Phi) is 5.98. The molecule has 1 aliphatic heterocycles. The van der Waals surface area contributed by atoms with E-state index in [0.29, 0.717) is 18.8 Å². The molecule has 0 spiro atoms. The van der Waals surface area contributed by atoms with Gasteiger partial charge in [-0.2, -0.15) is 0 Å². The number of carboxylic acid groups (broad SMARTS) is 1. The third-order valence-electron chi connectivity index (χ3n) is 4.08. The maximum absolute atomic E-state index is 10.6. The molecule has 1 N–H and O–H groups in total. The first-order valence-corrected chi connectivity index (χ1v) is 8.31. The standard InChI is InChI=1S/C19H21NO5/c21-17(22)9-3-1-2-6-15-13-24-19(16-8-5-11-23-16)25-18(15)14-7-4-10-20-12-14/h1-2,4-5,7-8,10-12,15,18-19H,3,6,9,13H2,(H,21,22)/b2-1-/t15-,18-,19+/m1/s1. The number of rotatable bonds is 7. The van der Waals surface area contributed by atoms with Crippen molar-refractivity contribution >= 4 is 5.97 Å². The summed E-state index contributed by atoms with van der Waals surface area (Å²) in [5, 5.41) is 8.68. The third kappa shape index (κ3) is 4.78. The van der Waals surface area contributed by atoms with E-state index in [0.717, 1.165) is 12.0 Å². The molecule has 1 fully saturated rings. The van der Waals surface area contributed by atoms with Gasteiger partial charge in [-0.25, -0.2) is 0 Å². The Morgan fingerprint density at radius 1 is 1.32 bits per heavy atom. The van der Waals surface area contributed by atoms with Gasteiger partial charge in [0.05, 0.1) is 19.0 Å². The summed E-state index contributed by atoms with van der Waals surface area (Å²) < 4.78 is 17.4. The zero-order valence-electron chi connectivity index (χ0n) is 13.8. The van der Waals surface area contributed by atoms with Crippen LogP contribution in [0.4, 0.5) is 0 Å². The highest BCUT2D eigenvalue weighted by atomic mass is 16.7. The average molecular weight is 343 g/mol. The molecule has 3 rings (SSSR count). The van der Waals surface area contributed by atoms with Crippen LogP contribution in [-0.4, -0.2) is 22.7 Å². The summed E-state index contributed by atoms with van der Waals surface area (Å²) in [6.07, 6.45) is 9.72. The SMILES string of the molecule is O=C(O)CC/C=C\C[C@@H]1CO[C@H](c2ccco2)O[C@@H]1c1cccnc1. The van der Waals surface area contributed by atoms with Gasteiger partial charge in [0.15, 0.2) is 5.76 Å². The van der Waals surface area contributed by atoms with E-state index in [9.17, 15) is 4.79 Å². The number of furan rings is 1. The minimum Gasteiger partial charge on any atom is -0.481 e. The second kappa shape index (κ2) is 8.60. The molecule has 0 unspecified atom stereocenters. The monoisotopic (exact) mass is 343 g/mol. The summed E-state index contributed by atoms with van der Waals surface area (Å²) >= 11 is 0. The molecule has 132 valence electrons. The van der Waals surface area contributed by atoms with E-state index in [1.807, 2.05) is 30.4 Å². The summed E-state index contributed by atoms with van der Waals surface area (Å²) in [6, 6.07) is 7.51. The first kappa shape index (κ1) is 17.4. The number of ether oxygens (including phenoxy) is 2. The van der Waals surface area contributed by atoms with Crippen molar-refractivity contribution in [3.8, 4) is 0 Å². The summed E-state index contributed by atoms with van der Waals surface area (Å²) in [7, 11) is 0. The molecule has 0 aliphatic carbocycles. The fourth-order valence-corrected chi connectivity index (χ4v) is 2.84. The van der Waals surface area contributed by atoms with Crippen molar-refractivity contribution < 1.29 is 23.8 Å². The topological polar surface area (TPSA) is 81.8 Å². The summed E-state index contributed by atoms with van der Waals surface area (Å²) in [5.41, 5.74) is 0.992. The number of hydrogen-bond acceptors (Lipinski definition) is 5. The number of aliphatic carboxylic acids is 1. The Morgan fingerprint density at radius 3 is 2.96 bits per heavy atom. The summed E-state index contributed by atoms with van der Waals surface area (Å²) in [5.74, 6) is -0.0238. The van der Waals surface area contributed by atoms with Gasteiger partial charge >= 0.3 is 5.97 Å². The van der Waals surface area contributed by atoms with Gasteiger partial charge in [0.2, 0.25) is 6.29 Å². The van der Waals surface area contributed by atoms with Crippen molar-refractivity contribution in [3.05, 3.63) is 66.4 Å². The fourth-order valence-electron chi connectivity index (χ4n) is 2.84. The van der Waals surface area contributed by atoms with Gasteiger partial charge in [-0.1, -0.05) is 18.2 Å². The normalized spacial score (nSPS) is 23.8. The Bertz CT molecular complexity index is 683. The molecule has 0 bridgehead atoms. The lowest BCUT2D eigenvalue weighted by molar-refractivity contribution is -0.250. The molecule has 2 aromatic rings. The lowest BCUT2D eigenvalue weighted by Crippen LogP contribution is -2.30. The molecule has 25 heavy (non-hydrogen) atoms. The smallest absolute Gasteiger partial charge is 0.303 e. The van der Waals surface area contributed by atoms with Crippen molar-refractivity contribution in [2.45, 2.75) is 31.7 Å². The lowest BCUT2D eigenvalue weighted by Gasteiger charge is -2.35. The number of nitrogens with zero attached hydrogens (tertiary/aromatic N) is 1. The molecular formula is C19H21NO5. The first-order valence-electron chi connectivity index (χ1n) is 8.31. The molecular weight excluding hydrogens is 322 g/mol. The van der Waals surface area contributed by atoms with Crippen LogP contribution in [0.3, 0.4) is 0 Å². The predicted molar refractivity (Wildman–Crippen MR) is 89.6 cm³/mol. The maximum Gasteiger partial charge on any atom is 0.303 e. The molecule has 0 aromatic carbocycles. The molecule has 0 amide bonds. The maximum atomic E-state index is 10.6. The number of carboxylic acids is 1. The lowest BCUT2D eigenvalue weighted by atomic mass is 9.93. The van der Waals surface area contributed by atoms with Crippen LogP contribution in [0.2, 0.25) is 0 Å². The van der Waals surface area contributed by atoms with Crippen LogP contribution < -0.4 is 0 Å². The van der Waals surface area contributed by atoms with Crippen molar-refractivity contribution in [1.29, 1.82) is 0 Å². The molecule has 0 saturated carbocycles. The Morgan fingerprint density at radius 2 is 2.24 bits per heavy atom. The number of pyridine rings is 1. The van der Waals surface area contributed by atoms with E-state index in [-0.39, 0.29) is 18.4 Å². The van der Waals surface area contributed by atoms with E-state index in [1.54, 1.807) is 24.7 Å². The van der Waals surface area contributed by atoms with E-state index in [1.165, 1.54) is 0 Å². The first-order chi connectivity index (χ1) is 12.2. The Hall–Kier alpha value is -2.44. The van der Waals surface area contributed by atoms with Crippen molar-refractivity contribution in [3.63, 3.8) is 0 Å². The zero-order chi connectivity index (χ0) is 17.5. The van der Waals surface area contributed by atoms with Gasteiger partial charge in [-0.05, 0) is 36.6 Å². The van der Waals surface area contributed by atoms with Crippen LogP contribution in [0.15, 0.2) is 59.5 Å². The summed E-state index contributed by atoms with van der Waals surface area (Å²) in [6.45, 7) is 0.522. The second-order valence-corrected chi connectivity index (χ2v) is 5.92.